The first-order chi connectivity index (χ1) is 17.6. The van der Waals surface area contributed by atoms with Gasteiger partial charge in [0.1, 0.15) is 17.3 Å². The van der Waals surface area contributed by atoms with Gasteiger partial charge in [-0.3, -0.25) is 4.79 Å². The van der Waals surface area contributed by atoms with Gasteiger partial charge in [-0.2, -0.15) is 0 Å². The van der Waals surface area contributed by atoms with Crippen LogP contribution in [0.1, 0.15) is 28.6 Å². The molecule has 36 heavy (non-hydrogen) atoms. The van der Waals surface area contributed by atoms with Crippen molar-refractivity contribution in [1.29, 1.82) is 0 Å². The van der Waals surface area contributed by atoms with Gasteiger partial charge in [-0.25, -0.2) is 4.98 Å². The van der Waals surface area contributed by atoms with E-state index >= 15 is 0 Å². The Labute approximate surface area is 209 Å². The summed E-state index contributed by atoms with van der Waals surface area (Å²) >= 11 is 0. The number of carbonyl (C=O) groups is 1. The highest BCUT2D eigenvalue weighted by molar-refractivity contribution is 5.89. The van der Waals surface area contributed by atoms with Crippen molar-refractivity contribution >= 4 is 16.8 Å². The molecule has 3 N–H and O–H groups in total. The minimum atomic E-state index is -0.330. The molecule has 3 aromatic carbocycles. The number of amides is 1. The molecule has 0 saturated carbocycles. The molecule has 0 bridgehead atoms. The van der Waals surface area contributed by atoms with Gasteiger partial charge in [0, 0.05) is 35.1 Å². The SMILES string of the molecule is COc1ccccc1Cn1ccnc1[C@H](Cc1ccccc1)NC(=O)Cc1c[nH]c2ccc(O)cc12. The van der Waals surface area contributed by atoms with E-state index in [9.17, 15) is 9.90 Å². The number of methoxy groups -OCH3 is 1. The van der Waals surface area contributed by atoms with Gasteiger partial charge >= 0.3 is 0 Å². The molecule has 7 nitrogen and oxygen atoms in total. The third-order valence-corrected chi connectivity index (χ3v) is 6.31. The lowest BCUT2D eigenvalue weighted by molar-refractivity contribution is -0.121. The Hall–Kier alpha value is -4.52. The van der Waals surface area contributed by atoms with E-state index in [0.717, 1.165) is 39.2 Å². The lowest BCUT2D eigenvalue weighted by Gasteiger charge is -2.21. The number of para-hydroxylation sites is 1. The summed E-state index contributed by atoms with van der Waals surface area (Å²) in [5.41, 5.74) is 3.84. The molecule has 0 radical (unpaired) electrons. The number of fused-ring (bicyclic) bond motifs is 1. The van der Waals surface area contributed by atoms with Gasteiger partial charge in [-0.15, -0.1) is 0 Å². The number of benzene rings is 3. The molecular weight excluding hydrogens is 452 g/mol. The summed E-state index contributed by atoms with van der Waals surface area (Å²) < 4.78 is 7.58. The number of aromatic amines is 1. The molecule has 2 heterocycles. The Morgan fingerprint density at radius 3 is 2.72 bits per heavy atom. The van der Waals surface area contributed by atoms with E-state index in [1.165, 1.54) is 0 Å². The lowest BCUT2D eigenvalue weighted by atomic mass is 10.0. The molecule has 0 aliphatic rings. The van der Waals surface area contributed by atoms with Crippen LogP contribution in [0.2, 0.25) is 0 Å². The zero-order chi connectivity index (χ0) is 24.9. The third-order valence-electron chi connectivity index (χ3n) is 6.31. The zero-order valence-corrected chi connectivity index (χ0v) is 20.0. The quantitative estimate of drug-likeness (QED) is 0.283. The van der Waals surface area contributed by atoms with Gasteiger partial charge in [-0.1, -0.05) is 48.5 Å². The second-order valence-electron chi connectivity index (χ2n) is 8.76. The Balaban J connectivity index is 1.41. The van der Waals surface area contributed by atoms with Crippen molar-refractivity contribution in [1.82, 2.24) is 19.9 Å². The molecule has 0 spiro atoms. The van der Waals surface area contributed by atoms with Crippen molar-refractivity contribution in [2.24, 2.45) is 0 Å². The molecule has 0 unspecified atom stereocenters. The van der Waals surface area contributed by atoms with Crippen LogP contribution in [0.4, 0.5) is 0 Å². The number of hydrogen-bond donors (Lipinski definition) is 3. The van der Waals surface area contributed by atoms with Crippen LogP contribution in [-0.2, 0) is 24.2 Å². The molecule has 5 aromatic rings. The normalized spacial score (nSPS) is 11.9. The molecular formula is C29H28N4O3. The number of nitrogens with one attached hydrogen (secondary N) is 2. The fraction of sp³-hybridized carbons (Fsp3) is 0.172. The van der Waals surface area contributed by atoms with E-state index in [-0.39, 0.29) is 24.1 Å². The molecule has 7 heteroatoms. The minimum Gasteiger partial charge on any atom is -0.508 e. The number of phenols is 1. The first-order valence-electron chi connectivity index (χ1n) is 11.9. The number of aromatic hydroxyl groups is 1. The molecule has 0 aliphatic carbocycles. The molecule has 1 atom stereocenters. The maximum absolute atomic E-state index is 13.3. The Morgan fingerprint density at radius 1 is 1.08 bits per heavy atom. The fourth-order valence-corrected chi connectivity index (χ4v) is 4.57. The molecule has 0 aliphatic heterocycles. The summed E-state index contributed by atoms with van der Waals surface area (Å²) in [5.74, 6) is 1.63. The Bertz CT molecular complexity index is 1470. The Kier molecular flexibility index (Phi) is 6.71. The van der Waals surface area contributed by atoms with Crippen LogP contribution < -0.4 is 10.1 Å². The van der Waals surface area contributed by atoms with E-state index in [0.29, 0.717) is 13.0 Å². The van der Waals surface area contributed by atoms with Crippen LogP contribution in [0, 0.1) is 0 Å². The number of hydrogen-bond acceptors (Lipinski definition) is 4. The highest BCUT2D eigenvalue weighted by Crippen LogP contribution is 2.25. The predicted octanol–water partition coefficient (Wildman–Crippen LogP) is 4.77. The van der Waals surface area contributed by atoms with E-state index in [1.807, 2.05) is 54.9 Å². The standard InChI is InChI=1S/C29H28N4O3/c1-36-27-10-6-5-9-21(27)19-33-14-13-30-29(33)26(15-20-7-3-2-4-8-20)32-28(35)16-22-18-31-25-12-11-23(34)17-24(22)25/h2-14,17-18,26,31,34H,15-16,19H2,1H3,(H,32,35)/t26-/m0/s1. The summed E-state index contributed by atoms with van der Waals surface area (Å²) in [6.45, 7) is 0.572. The average molecular weight is 481 g/mol. The topological polar surface area (TPSA) is 92.2 Å². The number of ether oxygens (including phenoxy) is 1. The van der Waals surface area contributed by atoms with Crippen molar-refractivity contribution in [3.05, 3.63) is 114 Å². The summed E-state index contributed by atoms with van der Waals surface area (Å²) in [4.78, 5) is 21.1. The second kappa shape index (κ2) is 10.4. The molecule has 1 amide bonds. The van der Waals surface area contributed by atoms with Gasteiger partial charge in [0.15, 0.2) is 0 Å². The Morgan fingerprint density at radius 2 is 1.89 bits per heavy atom. The summed E-state index contributed by atoms with van der Waals surface area (Å²) in [6, 6.07) is 22.7. The summed E-state index contributed by atoms with van der Waals surface area (Å²) in [5, 5.41) is 13.9. The first kappa shape index (κ1) is 23.2. The lowest BCUT2D eigenvalue weighted by Crippen LogP contribution is -2.33. The van der Waals surface area contributed by atoms with Gasteiger partial charge < -0.3 is 24.7 Å². The zero-order valence-electron chi connectivity index (χ0n) is 20.0. The fourth-order valence-electron chi connectivity index (χ4n) is 4.57. The van der Waals surface area contributed by atoms with Crippen molar-refractivity contribution in [2.45, 2.75) is 25.4 Å². The molecule has 182 valence electrons. The largest absolute Gasteiger partial charge is 0.508 e. The smallest absolute Gasteiger partial charge is 0.225 e. The predicted molar refractivity (Wildman–Crippen MR) is 139 cm³/mol. The van der Waals surface area contributed by atoms with Gasteiger partial charge in [0.2, 0.25) is 5.91 Å². The maximum Gasteiger partial charge on any atom is 0.225 e. The van der Waals surface area contributed by atoms with E-state index in [1.54, 1.807) is 31.5 Å². The van der Waals surface area contributed by atoms with Crippen molar-refractivity contribution < 1.29 is 14.6 Å². The van der Waals surface area contributed by atoms with Gasteiger partial charge in [-0.05, 0) is 41.8 Å². The number of H-pyrrole nitrogens is 1. The number of rotatable bonds is 9. The number of nitrogens with zero attached hydrogens (tertiary/aromatic N) is 2. The number of aromatic nitrogens is 3. The molecule has 5 rings (SSSR count). The first-order valence-corrected chi connectivity index (χ1v) is 11.9. The highest BCUT2D eigenvalue weighted by Gasteiger charge is 2.22. The minimum absolute atomic E-state index is 0.119. The second-order valence-corrected chi connectivity index (χ2v) is 8.76. The molecule has 0 fully saturated rings. The van der Waals surface area contributed by atoms with Crippen molar-refractivity contribution in [3.8, 4) is 11.5 Å². The van der Waals surface area contributed by atoms with Crippen LogP contribution in [0.25, 0.3) is 10.9 Å². The maximum atomic E-state index is 13.3. The summed E-state index contributed by atoms with van der Waals surface area (Å²) in [7, 11) is 1.66. The van der Waals surface area contributed by atoms with Crippen LogP contribution in [0.15, 0.2) is 91.4 Å². The van der Waals surface area contributed by atoms with Crippen molar-refractivity contribution in [3.63, 3.8) is 0 Å². The van der Waals surface area contributed by atoms with Gasteiger partial charge in [0.25, 0.3) is 0 Å². The van der Waals surface area contributed by atoms with Crippen LogP contribution >= 0.6 is 0 Å². The van der Waals surface area contributed by atoms with Crippen LogP contribution in [0.3, 0.4) is 0 Å². The monoisotopic (exact) mass is 480 g/mol. The highest BCUT2D eigenvalue weighted by atomic mass is 16.5. The van der Waals surface area contributed by atoms with E-state index < -0.39 is 0 Å². The number of carbonyl (C=O) groups excluding carboxylic acids is 1. The molecule has 2 aromatic heterocycles. The van der Waals surface area contributed by atoms with Crippen LogP contribution in [0.5, 0.6) is 11.5 Å². The van der Waals surface area contributed by atoms with Crippen LogP contribution in [-0.4, -0.2) is 32.7 Å². The van der Waals surface area contributed by atoms with Crippen molar-refractivity contribution in [2.75, 3.05) is 7.11 Å². The van der Waals surface area contributed by atoms with Gasteiger partial charge in [0.05, 0.1) is 26.1 Å². The van der Waals surface area contributed by atoms with E-state index in [4.69, 9.17) is 4.74 Å². The molecule has 0 saturated heterocycles. The summed E-state index contributed by atoms with van der Waals surface area (Å²) in [6.07, 6.45) is 6.29. The number of phenolic OH excluding ortho intramolecular Hbond substituents is 1. The number of imidazole rings is 1. The van der Waals surface area contributed by atoms with E-state index in [2.05, 4.69) is 32.0 Å². The third kappa shape index (κ3) is 5.10. The average Bonchev–Trinajstić information content (AvgIpc) is 3.51.